The average molecular weight is 460 g/mol. The van der Waals surface area contributed by atoms with Crippen molar-refractivity contribution in [2.45, 2.75) is 63.2 Å². The van der Waals surface area contributed by atoms with E-state index in [9.17, 15) is 9.90 Å². The fraction of sp³-hybridized carbons (Fsp3) is 0.393. The Morgan fingerprint density at radius 3 is 2.21 bits per heavy atom. The molecular weight excluding hydrogens is 426 g/mol. The van der Waals surface area contributed by atoms with Gasteiger partial charge in [0.15, 0.2) is 0 Å². The van der Waals surface area contributed by atoms with Crippen molar-refractivity contribution in [2.24, 2.45) is 0 Å². The van der Waals surface area contributed by atoms with Crippen molar-refractivity contribution < 1.29 is 14.6 Å². The van der Waals surface area contributed by atoms with Crippen LogP contribution in [0, 0.1) is 0 Å². The van der Waals surface area contributed by atoms with Gasteiger partial charge in [0.2, 0.25) is 0 Å². The highest BCUT2D eigenvalue weighted by atomic mass is 16.6. The summed E-state index contributed by atoms with van der Waals surface area (Å²) in [5.41, 5.74) is 0.238. The van der Waals surface area contributed by atoms with Gasteiger partial charge in [0, 0.05) is 54.4 Å². The summed E-state index contributed by atoms with van der Waals surface area (Å²) in [5, 5.41) is 12.6. The number of hydrogen-bond donors (Lipinski definition) is 1. The monoisotopic (exact) mass is 459 g/mol. The number of carbonyl (C=O) groups is 1. The molecule has 1 saturated heterocycles. The number of benzene rings is 1. The summed E-state index contributed by atoms with van der Waals surface area (Å²) in [6.07, 6.45) is 8.74. The SMILES string of the molecule is CCC(C)(C)OC(=O)N1CCCC1C(c1ccccc1)C(O)(c1cccnc1)c1cccnc1. The molecule has 3 aromatic rings. The van der Waals surface area contributed by atoms with Gasteiger partial charge >= 0.3 is 6.09 Å². The summed E-state index contributed by atoms with van der Waals surface area (Å²) < 4.78 is 5.89. The average Bonchev–Trinajstić information content (AvgIpc) is 3.35. The standard InChI is InChI=1S/C28H33N3O3/c1-4-27(2,3)34-26(32)31-18-10-15-24(31)25(21-11-6-5-7-12-21)28(33,22-13-8-16-29-19-22)23-14-9-17-30-20-23/h5-9,11-14,16-17,19-20,24-25,33H,4,10,15,18H2,1-3H3. The number of pyridine rings is 2. The van der Waals surface area contributed by atoms with E-state index < -0.39 is 17.1 Å². The summed E-state index contributed by atoms with van der Waals surface area (Å²) in [4.78, 5) is 23.8. The summed E-state index contributed by atoms with van der Waals surface area (Å²) in [7, 11) is 0. The van der Waals surface area contributed by atoms with Gasteiger partial charge in [-0.15, -0.1) is 0 Å². The van der Waals surface area contributed by atoms with Crippen molar-refractivity contribution in [1.82, 2.24) is 14.9 Å². The number of likely N-dealkylation sites (tertiary alicyclic amines) is 1. The summed E-state index contributed by atoms with van der Waals surface area (Å²) in [6.45, 7) is 6.44. The van der Waals surface area contributed by atoms with Crippen LogP contribution in [0.2, 0.25) is 0 Å². The quantitative estimate of drug-likeness (QED) is 0.520. The second kappa shape index (κ2) is 9.94. The van der Waals surface area contributed by atoms with Gasteiger partial charge in [0.05, 0.1) is 0 Å². The molecule has 2 aromatic heterocycles. The zero-order valence-corrected chi connectivity index (χ0v) is 20.1. The molecule has 0 spiro atoms. The van der Waals surface area contributed by atoms with Gasteiger partial charge in [0.1, 0.15) is 11.2 Å². The number of amides is 1. The minimum atomic E-state index is -1.46. The van der Waals surface area contributed by atoms with Crippen LogP contribution in [0.5, 0.6) is 0 Å². The molecule has 6 nitrogen and oxygen atoms in total. The molecule has 0 saturated carbocycles. The van der Waals surface area contributed by atoms with Crippen molar-refractivity contribution in [3.05, 3.63) is 96.1 Å². The predicted molar refractivity (Wildman–Crippen MR) is 131 cm³/mol. The Balaban J connectivity index is 1.86. The minimum absolute atomic E-state index is 0.270. The Hall–Kier alpha value is -3.25. The Morgan fingerprint density at radius 2 is 1.68 bits per heavy atom. The molecule has 6 heteroatoms. The lowest BCUT2D eigenvalue weighted by atomic mass is 9.70. The van der Waals surface area contributed by atoms with Crippen LogP contribution in [-0.2, 0) is 10.3 Å². The van der Waals surface area contributed by atoms with Crippen LogP contribution in [0.25, 0.3) is 0 Å². The molecule has 2 atom stereocenters. The van der Waals surface area contributed by atoms with E-state index in [0.717, 1.165) is 18.4 Å². The molecule has 1 aliphatic heterocycles. The van der Waals surface area contributed by atoms with Crippen molar-refractivity contribution >= 4 is 6.09 Å². The van der Waals surface area contributed by atoms with Gasteiger partial charge in [0.25, 0.3) is 0 Å². The normalized spacial score (nSPS) is 17.4. The number of aliphatic hydroxyl groups is 1. The molecule has 1 aromatic carbocycles. The summed E-state index contributed by atoms with van der Waals surface area (Å²) in [5.74, 6) is -0.457. The first-order valence-electron chi connectivity index (χ1n) is 11.9. The van der Waals surface area contributed by atoms with Crippen molar-refractivity contribution in [3.63, 3.8) is 0 Å². The predicted octanol–water partition coefficient (Wildman–Crippen LogP) is 5.29. The zero-order valence-electron chi connectivity index (χ0n) is 20.1. The van der Waals surface area contributed by atoms with Gasteiger partial charge in [-0.2, -0.15) is 0 Å². The third-order valence-corrected chi connectivity index (χ3v) is 6.95. The van der Waals surface area contributed by atoms with E-state index in [1.807, 2.05) is 75.4 Å². The third kappa shape index (κ3) is 4.68. The van der Waals surface area contributed by atoms with Gasteiger partial charge < -0.3 is 14.7 Å². The number of ether oxygens (including phenoxy) is 1. The van der Waals surface area contributed by atoms with Crippen LogP contribution in [0.15, 0.2) is 79.4 Å². The van der Waals surface area contributed by atoms with E-state index in [1.165, 1.54) is 0 Å². The first-order chi connectivity index (χ1) is 16.4. The van der Waals surface area contributed by atoms with Crippen LogP contribution >= 0.6 is 0 Å². The lowest BCUT2D eigenvalue weighted by molar-refractivity contribution is -0.0118. The zero-order chi connectivity index (χ0) is 24.2. The molecule has 1 aliphatic rings. The maximum absolute atomic E-state index is 13.4. The van der Waals surface area contributed by atoms with Crippen molar-refractivity contribution in [3.8, 4) is 0 Å². The second-order valence-corrected chi connectivity index (χ2v) is 9.52. The number of nitrogens with zero attached hydrogens (tertiary/aromatic N) is 3. The topological polar surface area (TPSA) is 75.5 Å². The van der Waals surface area contributed by atoms with E-state index in [0.29, 0.717) is 24.1 Å². The number of rotatable bonds is 7. The second-order valence-electron chi connectivity index (χ2n) is 9.52. The molecule has 0 radical (unpaired) electrons. The molecule has 4 rings (SSSR count). The largest absolute Gasteiger partial charge is 0.443 e. The van der Waals surface area contributed by atoms with E-state index in [4.69, 9.17) is 4.74 Å². The molecule has 178 valence electrons. The first kappa shape index (κ1) is 23.9. The fourth-order valence-electron chi connectivity index (χ4n) is 4.84. The summed E-state index contributed by atoms with van der Waals surface area (Å²) in [6, 6.07) is 17.1. The molecule has 1 amide bonds. The molecular formula is C28H33N3O3. The molecule has 1 fully saturated rings. The fourth-order valence-corrected chi connectivity index (χ4v) is 4.84. The van der Waals surface area contributed by atoms with Crippen LogP contribution in [0.4, 0.5) is 4.79 Å². The first-order valence-corrected chi connectivity index (χ1v) is 11.9. The Kier molecular flexibility index (Phi) is 6.98. The minimum Gasteiger partial charge on any atom is -0.443 e. The molecule has 3 heterocycles. The lowest BCUT2D eigenvalue weighted by Gasteiger charge is -2.43. The highest BCUT2D eigenvalue weighted by Gasteiger charge is 2.50. The molecule has 0 bridgehead atoms. The molecule has 1 N–H and O–H groups in total. The lowest BCUT2D eigenvalue weighted by Crippen LogP contribution is -2.49. The van der Waals surface area contributed by atoms with Gasteiger partial charge in [-0.3, -0.25) is 9.97 Å². The Bertz CT molecular complexity index is 1030. The van der Waals surface area contributed by atoms with Gasteiger partial charge in [-0.1, -0.05) is 49.4 Å². The number of hydrogen-bond acceptors (Lipinski definition) is 5. The molecule has 34 heavy (non-hydrogen) atoms. The smallest absolute Gasteiger partial charge is 0.410 e. The van der Waals surface area contributed by atoms with E-state index >= 15 is 0 Å². The van der Waals surface area contributed by atoms with E-state index in [2.05, 4.69) is 9.97 Å². The Labute approximate surface area is 201 Å². The molecule has 0 aliphatic carbocycles. The number of carbonyl (C=O) groups excluding carboxylic acids is 1. The van der Waals surface area contributed by atoms with Crippen LogP contribution in [0.3, 0.4) is 0 Å². The van der Waals surface area contributed by atoms with Crippen molar-refractivity contribution in [1.29, 1.82) is 0 Å². The highest BCUT2D eigenvalue weighted by Crippen LogP contribution is 2.48. The third-order valence-electron chi connectivity index (χ3n) is 6.95. The van der Waals surface area contributed by atoms with Crippen LogP contribution < -0.4 is 0 Å². The maximum atomic E-state index is 13.4. The number of aromatic nitrogens is 2. The highest BCUT2D eigenvalue weighted by molar-refractivity contribution is 5.69. The van der Waals surface area contributed by atoms with Gasteiger partial charge in [-0.05, 0) is 50.8 Å². The Morgan fingerprint density at radius 1 is 1.06 bits per heavy atom. The van der Waals surface area contributed by atoms with Crippen molar-refractivity contribution in [2.75, 3.05) is 6.54 Å². The van der Waals surface area contributed by atoms with Crippen LogP contribution in [0.1, 0.15) is 62.6 Å². The van der Waals surface area contributed by atoms with Gasteiger partial charge in [-0.25, -0.2) is 4.79 Å². The summed E-state index contributed by atoms with van der Waals surface area (Å²) >= 11 is 0. The molecule has 2 unspecified atom stereocenters. The van der Waals surface area contributed by atoms with Crippen LogP contribution in [-0.4, -0.2) is 44.3 Å². The van der Waals surface area contributed by atoms with E-state index in [1.54, 1.807) is 29.7 Å². The van der Waals surface area contributed by atoms with E-state index in [-0.39, 0.29) is 12.1 Å². The maximum Gasteiger partial charge on any atom is 0.410 e.